The lowest BCUT2D eigenvalue weighted by molar-refractivity contribution is 0.899. The molecule has 0 spiro atoms. The molecule has 0 saturated carbocycles. The Morgan fingerprint density at radius 2 is 2.12 bits per heavy atom. The summed E-state index contributed by atoms with van der Waals surface area (Å²) in [6.45, 7) is 4.30. The first kappa shape index (κ1) is 12.9. The molecule has 1 N–H and O–H groups in total. The largest absolute Gasteiger partial charge is 0.378 e. The Balaban J connectivity index is 2.16. The Morgan fingerprint density at radius 1 is 1.35 bits per heavy atom. The molecule has 0 amide bonds. The molecule has 1 aromatic heterocycles. The molecule has 1 unspecified atom stereocenters. The molecule has 0 fully saturated rings. The second-order valence-corrected chi connectivity index (χ2v) is 6.17. The number of hydrogen-bond donors (Lipinski definition) is 1. The van der Waals surface area contributed by atoms with Crippen LogP contribution in [0.3, 0.4) is 0 Å². The Kier molecular flexibility index (Phi) is 4.13. The van der Waals surface area contributed by atoms with Gasteiger partial charge in [-0.25, -0.2) is 0 Å². The van der Waals surface area contributed by atoms with Crippen molar-refractivity contribution in [1.82, 2.24) is 0 Å². The molecule has 0 aliphatic heterocycles. The molecule has 0 bridgehead atoms. The van der Waals surface area contributed by atoms with Crippen LogP contribution >= 0.6 is 38.9 Å². The SMILES string of the molecule is Cc1ccsc1C(C)Nc1ccc(Br)c(Cl)c1. The van der Waals surface area contributed by atoms with Crippen LogP contribution in [0.4, 0.5) is 5.69 Å². The molecule has 2 rings (SSSR count). The summed E-state index contributed by atoms with van der Waals surface area (Å²) in [5.41, 5.74) is 2.37. The standard InChI is InChI=1S/C13H13BrClNS/c1-8-5-6-17-13(8)9(2)16-10-3-4-11(14)12(15)7-10/h3-7,9,16H,1-2H3. The number of halogens is 2. The first-order valence-electron chi connectivity index (χ1n) is 5.33. The monoisotopic (exact) mass is 329 g/mol. The maximum Gasteiger partial charge on any atom is 0.0581 e. The van der Waals surface area contributed by atoms with E-state index in [0.29, 0.717) is 6.04 Å². The zero-order chi connectivity index (χ0) is 12.4. The predicted octanol–water partition coefficient (Wildman–Crippen LogP) is 5.65. The second kappa shape index (κ2) is 5.42. The van der Waals surface area contributed by atoms with E-state index in [2.05, 4.69) is 46.5 Å². The number of rotatable bonds is 3. The van der Waals surface area contributed by atoms with E-state index < -0.39 is 0 Å². The highest BCUT2D eigenvalue weighted by Gasteiger charge is 2.10. The number of thiophene rings is 1. The molecule has 4 heteroatoms. The van der Waals surface area contributed by atoms with Crippen LogP contribution in [0, 0.1) is 6.92 Å². The van der Waals surface area contributed by atoms with Crippen molar-refractivity contribution in [2.75, 3.05) is 5.32 Å². The quantitative estimate of drug-likeness (QED) is 0.767. The molecule has 1 heterocycles. The minimum Gasteiger partial charge on any atom is -0.378 e. The van der Waals surface area contributed by atoms with Gasteiger partial charge in [-0.05, 0) is 65.0 Å². The molecule has 0 radical (unpaired) electrons. The predicted molar refractivity (Wildman–Crippen MR) is 80.2 cm³/mol. The summed E-state index contributed by atoms with van der Waals surface area (Å²) >= 11 is 11.2. The third-order valence-electron chi connectivity index (χ3n) is 2.60. The number of hydrogen-bond acceptors (Lipinski definition) is 2. The van der Waals surface area contributed by atoms with Crippen molar-refractivity contribution >= 4 is 44.6 Å². The van der Waals surface area contributed by atoms with Crippen molar-refractivity contribution in [3.63, 3.8) is 0 Å². The van der Waals surface area contributed by atoms with E-state index in [1.165, 1.54) is 10.4 Å². The highest BCUT2D eigenvalue weighted by Crippen LogP contribution is 2.30. The maximum absolute atomic E-state index is 6.07. The summed E-state index contributed by atoms with van der Waals surface area (Å²) in [5.74, 6) is 0. The van der Waals surface area contributed by atoms with Gasteiger partial charge in [0.25, 0.3) is 0 Å². The molecule has 90 valence electrons. The molecule has 1 aromatic carbocycles. The van der Waals surface area contributed by atoms with Crippen molar-refractivity contribution < 1.29 is 0 Å². The van der Waals surface area contributed by atoms with Crippen molar-refractivity contribution in [1.29, 1.82) is 0 Å². The molecule has 0 aliphatic carbocycles. The highest BCUT2D eigenvalue weighted by molar-refractivity contribution is 9.10. The molecule has 0 aliphatic rings. The van der Waals surface area contributed by atoms with E-state index in [-0.39, 0.29) is 0 Å². The molecule has 0 saturated heterocycles. The van der Waals surface area contributed by atoms with Gasteiger partial charge in [-0.15, -0.1) is 11.3 Å². The van der Waals surface area contributed by atoms with Gasteiger partial charge in [0.1, 0.15) is 0 Å². The van der Waals surface area contributed by atoms with Gasteiger partial charge in [-0.3, -0.25) is 0 Å². The Morgan fingerprint density at radius 3 is 2.71 bits per heavy atom. The minimum absolute atomic E-state index is 0.298. The molecule has 17 heavy (non-hydrogen) atoms. The van der Waals surface area contributed by atoms with E-state index in [9.17, 15) is 0 Å². The Labute approximate surface area is 119 Å². The topological polar surface area (TPSA) is 12.0 Å². The van der Waals surface area contributed by atoms with Crippen LogP contribution in [-0.2, 0) is 0 Å². The summed E-state index contributed by atoms with van der Waals surface area (Å²) in [5, 5.41) is 6.31. The lowest BCUT2D eigenvalue weighted by atomic mass is 10.2. The zero-order valence-electron chi connectivity index (χ0n) is 9.63. The summed E-state index contributed by atoms with van der Waals surface area (Å²) in [6, 6.07) is 8.36. The number of nitrogens with one attached hydrogen (secondary N) is 1. The van der Waals surface area contributed by atoms with Crippen LogP contribution < -0.4 is 5.32 Å². The third-order valence-corrected chi connectivity index (χ3v) is 5.03. The van der Waals surface area contributed by atoms with E-state index in [1.54, 1.807) is 11.3 Å². The first-order valence-corrected chi connectivity index (χ1v) is 7.38. The molecular weight excluding hydrogens is 318 g/mol. The third kappa shape index (κ3) is 3.03. The van der Waals surface area contributed by atoms with Crippen molar-refractivity contribution in [3.8, 4) is 0 Å². The smallest absolute Gasteiger partial charge is 0.0581 e. The van der Waals surface area contributed by atoms with E-state index in [1.807, 2.05) is 18.2 Å². The minimum atomic E-state index is 0.298. The van der Waals surface area contributed by atoms with Gasteiger partial charge >= 0.3 is 0 Å². The fourth-order valence-corrected chi connectivity index (χ4v) is 3.09. The number of anilines is 1. The summed E-state index contributed by atoms with van der Waals surface area (Å²) in [7, 11) is 0. The number of benzene rings is 1. The second-order valence-electron chi connectivity index (χ2n) is 3.96. The van der Waals surface area contributed by atoms with E-state index in [0.717, 1.165) is 15.2 Å². The fourth-order valence-electron chi connectivity index (χ4n) is 1.73. The highest BCUT2D eigenvalue weighted by atomic mass is 79.9. The Hall–Kier alpha value is -0.510. The molecule has 1 nitrogen and oxygen atoms in total. The normalized spacial score (nSPS) is 12.5. The van der Waals surface area contributed by atoms with E-state index in [4.69, 9.17) is 11.6 Å². The van der Waals surface area contributed by atoms with Crippen molar-refractivity contribution in [2.24, 2.45) is 0 Å². The molecular formula is C13H13BrClNS. The Bertz CT molecular complexity index is 524. The van der Waals surface area contributed by atoms with Gasteiger partial charge in [0.05, 0.1) is 11.1 Å². The number of aryl methyl sites for hydroxylation is 1. The summed E-state index contributed by atoms with van der Waals surface area (Å²) in [6.07, 6.45) is 0. The zero-order valence-corrected chi connectivity index (χ0v) is 12.8. The lowest BCUT2D eigenvalue weighted by Crippen LogP contribution is -2.05. The summed E-state index contributed by atoms with van der Waals surface area (Å²) in [4.78, 5) is 1.36. The van der Waals surface area contributed by atoms with Crippen LogP contribution in [0.1, 0.15) is 23.4 Å². The van der Waals surface area contributed by atoms with Gasteiger partial charge < -0.3 is 5.32 Å². The van der Waals surface area contributed by atoms with Crippen LogP contribution in [0.5, 0.6) is 0 Å². The van der Waals surface area contributed by atoms with Gasteiger partial charge in [-0.2, -0.15) is 0 Å². The van der Waals surface area contributed by atoms with Crippen molar-refractivity contribution in [2.45, 2.75) is 19.9 Å². The van der Waals surface area contributed by atoms with Crippen LogP contribution in [0.25, 0.3) is 0 Å². The molecule has 2 aromatic rings. The van der Waals surface area contributed by atoms with Crippen LogP contribution in [0.2, 0.25) is 5.02 Å². The van der Waals surface area contributed by atoms with Gasteiger partial charge in [0.15, 0.2) is 0 Å². The van der Waals surface area contributed by atoms with Crippen LogP contribution in [-0.4, -0.2) is 0 Å². The first-order chi connectivity index (χ1) is 8.08. The lowest BCUT2D eigenvalue weighted by Gasteiger charge is -2.15. The maximum atomic E-state index is 6.07. The van der Waals surface area contributed by atoms with Gasteiger partial charge in [0, 0.05) is 15.0 Å². The van der Waals surface area contributed by atoms with Gasteiger partial charge in [0.2, 0.25) is 0 Å². The average Bonchev–Trinajstić information content (AvgIpc) is 2.70. The van der Waals surface area contributed by atoms with Crippen LogP contribution in [0.15, 0.2) is 34.1 Å². The molecule has 1 atom stereocenters. The fraction of sp³-hybridized carbons (Fsp3) is 0.231. The van der Waals surface area contributed by atoms with Gasteiger partial charge in [-0.1, -0.05) is 11.6 Å². The van der Waals surface area contributed by atoms with E-state index >= 15 is 0 Å². The van der Waals surface area contributed by atoms with Crippen molar-refractivity contribution in [3.05, 3.63) is 49.6 Å². The summed E-state index contributed by atoms with van der Waals surface area (Å²) < 4.78 is 0.921. The average molecular weight is 331 g/mol.